The minimum absolute atomic E-state index is 0.0129. The van der Waals surface area contributed by atoms with Gasteiger partial charge in [0, 0.05) is 12.6 Å². The first-order chi connectivity index (χ1) is 10.1. The van der Waals surface area contributed by atoms with Crippen LogP contribution in [0.4, 0.5) is 0 Å². The average molecular weight is 351 g/mol. The monoisotopic (exact) mass is 351 g/mol. The van der Waals surface area contributed by atoms with E-state index in [2.05, 4.69) is 18.5 Å². The van der Waals surface area contributed by atoms with Crippen LogP contribution in [-0.4, -0.2) is 53.8 Å². The first-order valence-electron chi connectivity index (χ1n) is 7.86. The average Bonchev–Trinajstić information content (AvgIpc) is 2.79. The fraction of sp³-hybridized carbons (Fsp3) is 1.00. The molecule has 0 aliphatic carbocycles. The van der Waals surface area contributed by atoms with Crippen LogP contribution in [0, 0.1) is 0 Å². The Bertz CT molecular complexity index is 486. The van der Waals surface area contributed by atoms with Gasteiger partial charge >= 0.3 is 0 Å². The van der Waals surface area contributed by atoms with Crippen molar-refractivity contribution in [1.82, 2.24) is 4.67 Å². The van der Waals surface area contributed by atoms with Crippen molar-refractivity contribution in [3.8, 4) is 0 Å². The van der Waals surface area contributed by atoms with Gasteiger partial charge in [0.05, 0.1) is 6.10 Å². The van der Waals surface area contributed by atoms with Crippen LogP contribution in [0.3, 0.4) is 0 Å². The van der Waals surface area contributed by atoms with Crippen molar-refractivity contribution < 1.29 is 23.3 Å². The predicted molar refractivity (Wildman–Crippen MR) is 85.9 cm³/mol. The van der Waals surface area contributed by atoms with E-state index in [0.29, 0.717) is 6.54 Å². The molecule has 3 aliphatic rings. The molecule has 0 aromatic heterocycles. The lowest BCUT2D eigenvalue weighted by Gasteiger charge is -2.45. The molecule has 0 bridgehead atoms. The fourth-order valence-corrected chi connectivity index (χ4v) is 7.06. The molecule has 3 saturated heterocycles. The molecule has 128 valence electrons. The fourth-order valence-electron chi connectivity index (χ4n) is 3.17. The summed E-state index contributed by atoms with van der Waals surface area (Å²) in [4.78, 5) is 0. The van der Waals surface area contributed by atoms with Crippen molar-refractivity contribution in [3.63, 3.8) is 0 Å². The highest BCUT2D eigenvalue weighted by atomic mass is 32.5. The molecule has 0 saturated carbocycles. The molecule has 3 rings (SSSR count). The second kappa shape index (κ2) is 5.74. The normalized spacial score (nSPS) is 44.5. The van der Waals surface area contributed by atoms with Crippen molar-refractivity contribution in [2.24, 2.45) is 0 Å². The Labute approximate surface area is 137 Å². The first-order valence-corrected chi connectivity index (χ1v) is 10.5. The summed E-state index contributed by atoms with van der Waals surface area (Å²) >= 11 is 5.81. The molecule has 0 spiro atoms. The van der Waals surface area contributed by atoms with Gasteiger partial charge in [-0.05, 0) is 53.3 Å². The third kappa shape index (κ3) is 3.03. The Balaban J connectivity index is 1.83. The van der Waals surface area contributed by atoms with Crippen LogP contribution in [0.2, 0.25) is 0 Å². The van der Waals surface area contributed by atoms with Gasteiger partial charge in [0.1, 0.15) is 18.3 Å². The molecular formula is C14H26NO5PS. The summed E-state index contributed by atoms with van der Waals surface area (Å²) in [7, 11) is 0. The highest BCUT2D eigenvalue weighted by Crippen LogP contribution is 2.61. The lowest BCUT2D eigenvalue weighted by atomic mass is 10.1. The molecule has 0 aromatic carbocycles. The minimum Gasteiger partial charge on any atom is -0.342 e. The second-order valence-corrected chi connectivity index (χ2v) is 10.3. The highest BCUT2D eigenvalue weighted by Gasteiger charge is 2.60. The molecule has 0 unspecified atom stereocenters. The molecule has 6 nitrogen and oxygen atoms in total. The van der Waals surface area contributed by atoms with Crippen molar-refractivity contribution in [2.45, 2.75) is 84.1 Å². The second-order valence-electron chi connectivity index (χ2n) is 7.05. The molecular weight excluding hydrogens is 325 g/mol. The van der Waals surface area contributed by atoms with Gasteiger partial charge in [0.25, 0.3) is 6.64 Å². The van der Waals surface area contributed by atoms with Crippen LogP contribution in [0.1, 0.15) is 41.5 Å². The van der Waals surface area contributed by atoms with Crippen LogP contribution in [-0.2, 0) is 35.1 Å². The zero-order chi connectivity index (χ0) is 16.3. The van der Waals surface area contributed by atoms with Crippen LogP contribution in [0.5, 0.6) is 0 Å². The van der Waals surface area contributed by atoms with Crippen LogP contribution < -0.4 is 0 Å². The summed E-state index contributed by atoms with van der Waals surface area (Å²) in [6.45, 7) is 10.1. The molecule has 0 N–H and O–H groups in total. The topological polar surface area (TPSA) is 49.4 Å². The predicted octanol–water partition coefficient (Wildman–Crippen LogP) is 2.62. The van der Waals surface area contributed by atoms with Crippen molar-refractivity contribution >= 4 is 18.4 Å². The van der Waals surface area contributed by atoms with E-state index in [4.69, 9.17) is 35.1 Å². The van der Waals surface area contributed by atoms with E-state index in [1.54, 1.807) is 0 Å². The molecule has 22 heavy (non-hydrogen) atoms. The third-order valence-corrected chi connectivity index (χ3v) is 7.56. The van der Waals surface area contributed by atoms with E-state index in [9.17, 15) is 0 Å². The maximum absolute atomic E-state index is 6.29. The molecule has 0 radical (unpaired) electrons. The summed E-state index contributed by atoms with van der Waals surface area (Å²) < 4.78 is 32.2. The smallest absolute Gasteiger partial charge is 0.264 e. The molecule has 0 amide bonds. The van der Waals surface area contributed by atoms with E-state index in [1.165, 1.54) is 0 Å². The van der Waals surface area contributed by atoms with Gasteiger partial charge in [-0.2, -0.15) is 0 Å². The number of nitrogens with zero attached hydrogens (tertiary/aromatic N) is 1. The van der Waals surface area contributed by atoms with E-state index in [-0.39, 0.29) is 36.7 Å². The summed E-state index contributed by atoms with van der Waals surface area (Å²) in [5.74, 6) is -0.652. The SMILES string of the molecule is CC(C)O[P@@]1(=S)O[C@@H]2[C@H]3OC(C)(C)O[C@H]3O[C@@H]2CN1C(C)C. The van der Waals surface area contributed by atoms with Crippen LogP contribution in [0.15, 0.2) is 0 Å². The highest BCUT2D eigenvalue weighted by molar-refractivity contribution is 8.08. The van der Waals surface area contributed by atoms with Gasteiger partial charge in [0.2, 0.25) is 0 Å². The Morgan fingerprint density at radius 3 is 2.45 bits per heavy atom. The number of ether oxygens (including phenoxy) is 3. The quantitative estimate of drug-likeness (QED) is 0.725. The summed E-state index contributed by atoms with van der Waals surface area (Å²) in [6.07, 6.45) is -0.947. The lowest BCUT2D eigenvalue weighted by molar-refractivity contribution is -0.217. The van der Waals surface area contributed by atoms with Crippen molar-refractivity contribution in [1.29, 1.82) is 0 Å². The van der Waals surface area contributed by atoms with Crippen molar-refractivity contribution in [2.75, 3.05) is 6.54 Å². The lowest BCUT2D eigenvalue weighted by Crippen LogP contribution is -2.49. The third-order valence-electron chi connectivity index (χ3n) is 3.96. The van der Waals surface area contributed by atoms with Gasteiger partial charge in [-0.3, -0.25) is 0 Å². The molecule has 3 fully saturated rings. The van der Waals surface area contributed by atoms with E-state index >= 15 is 0 Å². The van der Waals surface area contributed by atoms with E-state index in [1.807, 2.05) is 27.7 Å². The van der Waals surface area contributed by atoms with Crippen LogP contribution >= 0.6 is 6.64 Å². The molecule has 8 heteroatoms. The van der Waals surface area contributed by atoms with Gasteiger partial charge in [0.15, 0.2) is 12.1 Å². The van der Waals surface area contributed by atoms with E-state index < -0.39 is 12.4 Å². The summed E-state index contributed by atoms with van der Waals surface area (Å²) in [5.41, 5.74) is 0. The largest absolute Gasteiger partial charge is 0.342 e. The molecule has 0 aromatic rings. The molecule has 3 heterocycles. The maximum atomic E-state index is 6.29. The maximum Gasteiger partial charge on any atom is 0.264 e. The zero-order valence-electron chi connectivity index (χ0n) is 14.0. The van der Waals surface area contributed by atoms with Gasteiger partial charge in [-0.25, -0.2) is 4.67 Å². The van der Waals surface area contributed by atoms with Gasteiger partial charge in [-0.15, -0.1) is 0 Å². The number of rotatable bonds is 3. The molecule has 5 atom stereocenters. The van der Waals surface area contributed by atoms with Crippen LogP contribution in [0.25, 0.3) is 0 Å². The standard InChI is InChI=1S/C14H26NO5PS/c1-8(2)15-7-10-11(20-21(15,22)19-9(3)4)12-13(16-10)18-14(5,6)17-12/h8-13H,7H2,1-6H3/t10-,11+,12-,13-,21-/m1/s1. The Morgan fingerprint density at radius 2 is 1.86 bits per heavy atom. The Hall–Kier alpha value is 0.410. The summed E-state index contributed by atoms with van der Waals surface area (Å²) in [6, 6.07) is 0.229. The van der Waals surface area contributed by atoms with Gasteiger partial charge in [-0.1, -0.05) is 0 Å². The number of fused-ring (bicyclic) bond motifs is 3. The molecule has 3 aliphatic heterocycles. The summed E-state index contributed by atoms with van der Waals surface area (Å²) in [5, 5.41) is 0. The van der Waals surface area contributed by atoms with Crippen molar-refractivity contribution in [3.05, 3.63) is 0 Å². The van der Waals surface area contributed by atoms with Gasteiger partial charge < -0.3 is 23.3 Å². The Morgan fingerprint density at radius 1 is 1.18 bits per heavy atom. The number of hydrogen-bond donors (Lipinski definition) is 0. The minimum atomic E-state index is -2.55. The zero-order valence-corrected chi connectivity index (χ0v) is 15.7. The first kappa shape index (κ1) is 17.2. The number of hydrogen-bond acceptors (Lipinski definition) is 6. The van der Waals surface area contributed by atoms with E-state index in [0.717, 1.165) is 0 Å². The Kier molecular flexibility index (Phi) is 4.50.